The highest BCUT2D eigenvalue weighted by Gasteiger charge is 2.20. The standard InChI is InChI=1S/C52H96NO7P/c1-6-8-10-12-14-16-18-20-22-24-26-28-30-32-34-36-38-40-42-44-47-57-49-51(50-59-61(55,56)58-48-46-53(3,4)5)60-52(54)45-43-41-39-37-35-33-31-29-27-25-23-21-19-17-15-13-11-9-7-2/h14-17,20-23,27,29,51H,6-13,18-19,24-26,28,30-50H2,1-5H3/b16-14-,17-15-,22-20-,23-21-,29-27-. The monoisotopic (exact) mass is 878 g/mol. The van der Waals surface area contributed by atoms with Gasteiger partial charge in [-0.15, -0.1) is 0 Å². The lowest BCUT2D eigenvalue weighted by Gasteiger charge is -2.28. The molecule has 0 amide bonds. The number of rotatable bonds is 46. The van der Waals surface area contributed by atoms with Gasteiger partial charge in [-0.05, 0) is 83.5 Å². The van der Waals surface area contributed by atoms with Gasteiger partial charge in [0.25, 0.3) is 7.82 Å². The first-order chi connectivity index (χ1) is 29.6. The van der Waals surface area contributed by atoms with Gasteiger partial charge in [-0.25, -0.2) is 0 Å². The number of hydrogen-bond donors (Lipinski definition) is 0. The molecular weight excluding hydrogens is 782 g/mol. The van der Waals surface area contributed by atoms with Crippen molar-refractivity contribution in [3.63, 3.8) is 0 Å². The molecule has 0 fully saturated rings. The number of likely N-dealkylation sites (N-methyl/N-ethyl adjacent to an activating group) is 1. The number of phosphoric ester groups is 1. The number of unbranched alkanes of at least 4 members (excludes halogenated alkanes) is 22. The fraction of sp³-hybridized carbons (Fsp3) is 0.788. The lowest BCUT2D eigenvalue weighted by atomic mass is 10.1. The smallest absolute Gasteiger partial charge is 0.306 e. The molecule has 0 radical (unpaired) electrons. The molecule has 356 valence electrons. The number of nitrogens with zero attached hydrogens (tertiary/aromatic N) is 1. The molecule has 0 bridgehead atoms. The number of hydrogen-bond acceptors (Lipinski definition) is 7. The molecule has 0 aromatic rings. The molecule has 0 saturated heterocycles. The van der Waals surface area contributed by atoms with E-state index < -0.39 is 13.9 Å². The van der Waals surface area contributed by atoms with E-state index in [2.05, 4.69) is 74.6 Å². The zero-order chi connectivity index (χ0) is 44.8. The lowest BCUT2D eigenvalue weighted by Crippen LogP contribution is -2.37. The Balaban J connectivity index is 4.20. The summed E-state index contributed by atoms with van der Waals surface area (Å²) < 4.78 is 34.7. The summed E-state index contributed by atoms with van der Waals surface area (Å²) in [7, 11) is 1.34. The predicted molar refractivity (Wildman–Crippen MR) is 259 cm³/mol. The summed E-state index contributed by atoms with van der Waals surface area (Å²) >= 11 is 0. The molecule has 0 N–H and O–H groups in total. The molecular formula is C52H96NO7P. The molecule has 0 aliphatic rings. The maximum absolute atomic E-state index is 12.7. The summed E-state index contributed by atoms with van der Waals surface area (Å²) in [6, 6.07) is 0. The van der Waals surface area contributed by atoms with Gasteiger partial charge < -0.3 is 27.9 Å². The van der Waals surface area contributed by atoms with Crippen molar-refractivity contribution in [1.29, 1.82) is 0 Å². The Bertz CT molecular complexity index is 1160. The van der Waals surface area contributed by atoms with Crippen LogP contribution in [0.1, 0.15) is 206 Å². The molecule has 9 heteroatoms. The first-order valence-electron chi connectivity index (χ1n) is 25.0. The normalized spacial score (nSPS) is 14.1. The maximum atomic E-state index is 12.7. The highest BCUT2D eigenvalue weighted by atomic mass is 31.2. The van der Waals surface area contributed by atoms with E-state index in [1.165, 1.54) is 122 Å². The van der Waals surface area contributed by atoms with Crippen molar-refractivity contribution in [1.82, 2.24) is 0 Å². The quantitative estimate of drug-likeness (QED) is 0.0198. The third kappa shape index (κ3) is 49.1. The molecule has 0 aromatic carbocycles. The minimum absolute atomic E-state index is 0.0205. The average molecular weight is 878 g/mol. The highest BCUT2D eigenvalue weighted by Crippen LogP contribution is 2.38. The zero-order valence-corrected chi connectivity index (χ0v) is 41.2. The van der Waals surface area contributed by atoms with Crippen LogP contribution < -0.4 is 4.89 Å². The summed E-state index contributed by atoms with van der Waals surface area (Å²) in [6.07, 6.45) is 56.6. The van der Waals surface area contributed by atoms with E-state index in [1.807, 2.05) is 21.1 Å². The molecule has 0 aliphatic heterocycles. The number of esters is 1. The molecule has 61 heavy (non-hydrogen) atoms. The first kappa shape index (κ1) is 59.2. The van der Waals surface area contributed by atoms with E-state index >= 15 is 0 Å². The Hall–Kier alpha value is -1.80. The molecule has 2 atom stereocenters. The largest absolute Gasteiger partial charge is 0.756 e. The predicted octanol–water partition coefficient (Wildman–Crippen LogP) is 14.6. The van der Waals surface area contributed by atoms with Crippen LogP contribution in [0.25, 0.3) is 0 Å². The molecule has 0 spiro atoms. The molecule has 0 heterocycles. The van der Waals surface area contributed by atoms with Crippen molar-refractivity contribution in [3.8, 4) is 0 Å². The second-order valence-corrected chi connectivity index (χ2v) is 19.2. The van der Waals surface area contributed by atoms with E-state index in [4.69, 9.17) is 18.5 Å². The Morgan fingerprint density at radius 2 is 0.902 bits per heavy atom. The van der Waals surface area contributed by atoms with Gasteiger partial charge in [0.05, 0.1) is 34.4 Å². The zero-order valence-electron chi connectivity index (χ0n) is 40.4. The van der Waals surface area contributed by atoms with Crippen LogP contribution in [0, 0.1) is 0 Å². The fourth-order valence-corrected chi connectivity index (χ4v) is 7.37. The molecule has 2 unspecified atom stereocenters. The Morgan fingerprint density at radius 3 is 1.34 bits per heavy atom. The summed E-state index contributed by atoms with van der Waals surface area (Å²) in [6.45, 7) is 5.34. The minimum atomic E-state index is -4.54. The van der Waals surface area contributed by atoms with Crippen LogP contribution in [0.3, 0.4) is 0 Å². The second-order valence-electron chi connectivity index (χ2n) is 17.8. The SMILES string of the molecule is CCCCC/C=C\C/C=C\C/C=C\CCCCCCCCC(=O)OC(COCCCCCCCCCCCC/C=C\C/C=C\CCCCC)COP(=O)([O-])OCC[N+](C)(C)C. The molecule has 0 rings (SSSR count). The van der Waals surface area contributed by atoms with Crippen molar-refractivity contribution >= 4 is 13.8 Å². The third-order valence-electron chi connectivity index (χ3n) is 10.5. The van der Waals surface area contributed by atoms with E-state index in [9.17, 15) is 14.3 Å². The van der Waals surface area contributed by atoms with Crippen LogP contribution in [0.15, 0.2) is 60.8 Å². The summed E-state index contributed by atoms with van der Waals surface area (Å²) in [4.78, 5) is 25.2. The van der Waals surface area contributed by atoms with E-state index in [0.29, 0.717) is 24.1 Å². The number of phosphoric acid groups is 1. The molecule has 0 aliphatic carbocycles. The lowest BCUT2D eigenvalue weighted by molar-refractivity contribution is -0.870. The number of ether oxygens (including phenoxy) is 2. The van der Waals surface area contributed by atoms with Crippen LogP contribution in [0.5, 0.6) is 0 Å². The Labute approximate surface area is 377 Å². The second kappa shape index (κ2) is 44.8. The number of allylic oxidation sites excluding steroid dienone is 10. The van der Waals surface area contributed by atoms with E-state index in [-0.39, 0.29) is 25.8 Å². The molecule has 8 nitrogen and oxygen atoms in total. The van der Waals surface area contributed by atoms with Gasteiger partial charge in [0, 0.05) is 13.0 Å². The van der Waals surface area contributed by atoms with Gasteiger partial charge in [-0.2, -0.15) is 0 Å². The number of carbonyl (C=O) groups is 1. The van der Waals surface area contributed by atoms with Crippen LogP contribution in [-0.4, -0.2) is 70.7 Å². The Kier molecular flexibility index (Phi) is 43.5. The van der Waals surface area contributed by atoms with Gasteiger partial charge in [0.2, 0.25) is 0 Å². The number of quaternary nitrogens is 1. The van der Waals surface area contributed by atoms with Crippen molar-refractivity contribution in [2.45, 2.75) is 213 Å². The third-order valence-corrected chi connectivity index (χ3v) is 11.5. The summed E-state index contributed by atoms with van der Waals surface area (Å²) in [5, 5.41) is 0. The minimum Gasteiger partial charge on any atom is -0.756 e. The molecule has 0 aromatic heterocycles. The van der Waals surface area contributed by atoms with Gasteiger partial charge in [-0.3, -0.25) is 9.36 Å². The van der Waals surface area contributed by atoms with Crippen LogP contribution in [0.4, 0.5) is 0 Å². The van der Waals surface area contributed by atoms with Gasteiger partial charge in [0.15, 0.2) is 0 Å². The van der Waals surface area contributed by atoms with Crippen LogP contribution in [0.2, 0.25) is 0 Å². The first-order valence-corrected chi connectivity index (χ1v) is 26.5. The van der Waals surface area contributed by atoms with E-state index in [0.717, 1.165) is 64.2 Å². The van der Waals surface area contributed by atoms with Crippen molar-refractivity contribution in [3.05, 3.63) is 60.8 Å². The highest BCUT2D eigenvalue weighted by molar-refractivity contribution is 7.45. The van der Waals surface area contributed by atoms with Gasteiger partial charge in [-0.1, -0.05) is 177 Å². The molecule has 0 saturated carbocycles. The average Bonchev–Trinajstić information content (AvgIpc) is 3.22. The topological polar surface area (TPSA) is 94.1 Å². The van der Waals surface area contributed by atoms with Crippen molar-refractivity contribution < 1.29 is 37.3 Å². The van der Waals surface area contributed by atoms with Crippen molar-refractivity contribution in [2.75, 3.05) is 54.1 Å². The Morgan fingerprint density at radius 1 is 0.508 bits per heavy atom. The number of carbonyl (C=O) groups excluding carboxylic acids is 1. The van der Waals surface area contributed by atoms with Crippen LogP contribution in [-0.2, 0) is 27.9 Å². The fourth-order valence-electron chi connectivity index (χ4n) is 6.64. The van der Waals surface area contributed by atoms with E-state index in [1.54, 1.807) is 0 Å². The van der Waals surface area contributed by atoms with Crippen LogP contribution >= 0.6 is 7.82 Å². The summed E-state index contributed by atoms with van der Waals surface area (Å²) in [5.74, 6) is -0.348. The summed E-state index contributed by atoms with van der Waals surface area (Å²) in [5.41, 5.74) is 0. The van der Waals surface area contributed by atoms with Crippen molar-refractivity contribution in [2.24, 2.45) is 0 Å². The van der Waals surface area contributed by atoms with Gasteiger partial charge >= 0.3 is 5.97 Å². The van der Waals surface area contributed by atoms with Gasteiger partial charge in [0.1, 0.15) is 19.3 Å². The maximum Gasteiger partial charge on any atom is 0.306 e.